The maximum atomic E-state index is 10.5. The van der Waals surface area contributed by atoms with Crippen LogP contribution in [0.25, 0.3) is 10.8 Å². The predicted molar refractivity (Wildman–Crippen MR) is 189 cm³/mol. The van der Waals surface area contributed by atoms with Crippen LogP contribution in [-0.4, -0.2) is 156 Å². The van der Waals surface area contributed by atoms with Gasteiger partial charge in [0.15, 0.2) is 11.5 Å². The molecule has 0 saturated heterocycles. The maximum Gasteiger partial charge on any atom is 1.00 e. The van der Waals surface area contributed by atoms with Crippen molar-refractivity contribution in [3.8, 4) is 11.5 Å². The molecule has 16 nitrogen and oxygen atoms in total. The largest absolute Gasteiger partial charge is 1.00 e. The third-order valence-electron chi connectivity index (χ3n) is 6.88. The quantitative estimate of drug-likeness (QED) is 0.0369. The van der Waals surface area contributed by atoms with Gasteiger partial charge >= 0.3 is 103 Å². The van der Waals surface area contributed by atoms with Gasteiger partial charge in [0.05, 0.1) is 113 Å². The van der Waals surface area contributed by atoms with Crippen LogP contribution in [0.2, 0.25) is 0 Å². The molecule has 54 heavy (non-hydrogen) atoms. The molecule has 0 aliphatic rings. The number of rotatable bonds is 36. The summed E-state index contributed by atoms with van der Waals surface area (Å²) in [5.74, 6) is 0.483. The Labute approximate surface area is 405 Å². The zero-order chi connectivity index (χ0) is 37.6. The van der Waals surface area contributed by atoms with E-state index in [0.29, 0.717) is 143 Å². The van der Waals surface area contributed by atoms with E-state index in [9.17, 15) is 25.9 Å². The van der Waals surface area contributed by atoms with Crippen LogP contribution >= 0.6 is 0 Å². The Kier molecular flexibility index (Phi) is 36.7. The molecule has 0 aliphatic carbocycles. The summed E-state index contributed by atoms with van der Waals surface area (Å²) in [5, 5.41) is 2.05. The Morgan fingerprint density at radius 1 is 0.389 bits per heavy atom. The maximum absolute atomic E-state index is 10.5. The van der Waals surface area contributed by atoms with Gasteiger partial charge < -0.3 is 56.5 Å². The van der Waals surface area contributed by atoms with E-state index < -0.39 is 20.2 Å². The molecule has 0 atom stereocenters. The molecule has 2 rings (SSSR count). The third-order valence-corrected chi connectivity index (χ3v) is 8.46. The normalized spacial score (nSPS) is 11.7. The van der Waals surface area contributed by atoms with Crippen LogP contribution in [0.3, 0.4) is 0 Å². The molecule has 0 spiro atoms. The van der Waals surface area contributed by atoms with Crippen molar-refractivity contribution in [2.24, 2.45) is 0 Å². The first-order valence-electron chi connectivity index (χ1n) is 17.4. The summed E-state index contributed by atoms with van der Waals surface area (Å²) >= 11 is 0. The van der Waals surface area contributed by atoms with Gasteiger partial charge in [0.2, 0.25) is 0 Å². The zero-order valence-corrected chi connectivity index (χ0v) is 39.7. The SMILES string of the molecule is O=S(=O)([O-])CCCCOCCOCCOCCOCCOc1cc2ccccc2cc1OCCOCCOCCOCCOCCCCS(=O)(=O)[O-].[K+].[K+]. The van der Waals surface area contributed by atoms with Gasteiger partial charge in [0, 0.05) is 24.7 Å². The summed E-state index contributed by atoms with van der Waals surface area (Å²) in [6.07, 6.45) is 1.60. The van der Waals surface area contributed by atoms with Crippen molar-refractivity contribution in [1.82, 2.24) is 0 Å². The summed E-state index contributed by atoms with van der Waals surface area (Å²) in [4.78, 5) is 0. The first-order valence-corrected chi connectivity index (χ1v) is 20.6. The molecule has 2 aromatic rings. The van der Waals surface area contributed by atoms with Gasteiger partial charge in [-0.1, -0.05) is 24.3 Å². The van der Waals surface area contributed by atoms with E-state index in [0.717, 1.165) is 10.8 Å². The molecule has 0 aromatic heterocycles. The van der Waals surface area contributed by atoms with Crippen molar-refractivity contribution >= 4 is 31.0 Å². The predicted octanol–water partition coefficient (Wildman–Crippen LogP) is -3.61. The van der Waals surface area contributed by atoms with Gasteiger partial charge in [0.25, 0.3) is 0 Å². The second-order valence-electron chi connectivity index (χ2n) is 11.2. The molecule has 0 aliphatic heterocycles. The molecule has 0 fully saturated rings. The minimum atomic E-state index is -4.16. The molecule has 300 valence electrons. The van der Waals surface area contributed by atoms with Crippen molar-refractivity contribution in [3.63, 3.8) is 0 Å². The second kappa shape index (κ2) is 36.0. The van der Waals surface area contributed by atoms with Crippen LogP contribution in [0.4, 0.5) is 0 Å². The second-order valence-corrected chi connectivity index (χ2v) is 14.2. The Hall–Kier alpha value is 1.07. The Balaban J connectivity index is 0.0000140. The van der Waals surface area contributed by atoms with Gasteiger partial charge in [-0.2, -0.15) is 0 Å². The molecule has 20 heteroatoms. The fourth-order valence-corrected chi connectivity index (χ4v) is 5.45. The van der Waals surface area contributed by atoms with Crippen LogP contribution in [0.1, 0.15) is 25.7 Å². The fraction of sp³-hybridized carbons (Fsp3) is 0.706. The minimum Gasteiger partial charge on any atom is -0.748 e. The third kappa shape index (κ3) is 33.0. The van der Waals surface area contributed by atoms with Crippen LogP contribution in [0.5, 0.6) is 11.5 Å². The molecule has 0 amide bonds. The summed E-state index contributed by atoms with van der Waals surface area (Å²) in [6, 6.07) is 11.8. The number of ether oxygens (including phenoxy) is 10. The fourth-order valence-electron chi connectivity index (χ4n) is 4.33. The summed E-state index contributed by atoms with van der Waals surface area (Å²) in [6.45, 7) is 6.97. The molecule has 0 saturated carbocycles. The molecular weight excluding hydrogens is 807 g/mol. The van der Waals surface area contributed by atoms with Crippen LogP contribution < -0.4 is 112 Å². The summed E-state index contributed by atoms with van der Waals surface area (Å²) in [5.41, 5.74) is 0. The Morgan fingerprint density at radius 2 is 0.648 bits per heavy atom. The first kappa shape index (κ1) is 55.1. The zero-order valence-electron chi connectivity index (χ0n) is 31.8. The van der Waals surface area contributed by atoms with Gasteiger partial charge in [-0.05, 0) is 48.6 Å². The van der Waals surface area contributed by atoms with E-state index in [4.69, 9.17) is 47.4 Å². The number of unbranched alkanes of at least 4 members (excludes halogenated alkanes) is 2. The number of hydrogen-bond donors (Lipinski definition) is 0. The summed E-state index contributed by atoms with van der Waals surface area (Å²) < 4.78 is 119. The van der Waals surface area contributed by atoms with E-state index >= 15 is 0 Å². The molecular formula is C34H54K2O16S2. The van der Waals surface area contributed by atoms with Crippen LogP contribution in [-0.2, 0) is 58.1 Å². The van der Waals surface area contributed by atoms with E-state index in [1.807, 2.05) is 36.4 Å². The van der Waals surface area contributed by atoms with E-state index in [1.165, 1.54) is 0 Å². The van der Waals surface area contributed by atoms with Crippen LogP contribution in [0, 0.1) is 0 Å². The smallest absolute Gasteiger partial charge is 0.748 e. The standard InChI is InChI=1S/C34H56O16S2.2K/c35-51(36,37)27-5-3-9-41-11-13-43-15-17-45-19-21-47-23-25-49-33-29-31-7-1-2-8-32(31)30-34(33)50-26-24-48-22-20-46-18-16-44-14-12-42-10-4-6-28-52(38,39)40;;/h1-2,7-8,29-30H,3-6,9-28H2,(H,35,36,37)(H,38,39,40);;/q;2*+1/p-2. The number of hydrogen-bond acceptors (Lipinski definition) is 16. The molecule has 0 radical (unpaired) electrons. The van der Waals surface area contributed by atoms with Gasteiger partial charge in [0.1, 0.15) is 13.2 Å². The molecule has 0 unspecified atom stereocenters. The average molecular weight is 861 g/mol. The monoisotopic (exact) mass is 860 g/mol. The van der Waals surface area contributed by atoms with Gasteiger partial charge in [-0.15, -0.1) is 0 Å². The summed E-state index contributed by atoms with van der Waals surface area (Å²) in [7, 11) is -8.32. The molecule has 0 bridgehead atoms. The van der Waals surface area contributed by atoms with Crippen molar-refractivity contribution in [2.75, 3.05) is 130 Å². The topological polar surface area (TPSA) is 207 Å². The van der Waals surface area contributed by atoms with Crippen molar-refractivity contribution in [3.05, 3.63) is 36.4 Å². The Bertz CT molecular complexity index is 1300. The van der Waals surface area contributed by atoms with Gasteiger partial charge in [-0.3, -0.25) is 0 Å². The van der Waals surface area contributed by atoms with Crippen molar-refractivity contribution in [2.45, 2.75) is 25.7 Å². The van der Waals surface area contributed by atoms with Crippen molar-refractivity contribution in [1.29, 1.82) is 0 Å². The van der Waals surface area contributed by atoms with E-state index in [-0.39, 0.29) is 127 Å². The van der Waals surface area contributed by atoms with Crippen LogP contribution in [0.15, 0.2) is 36.4 Å². The van der Waals surface area contributed by atoms with E-state index in [1.54, 1.807) is 0 Å². The van der Waals surface area contributed by atoms with Gasteiger partial charge in [-0.25, -0.2) is 16.8 Å². The first-order chi connectivity index (χ1) is 25.1. The average Bonchev–Trinajstić information content (AvgIpc) is 3.10. The molecule has 0 N–H and O–H groups in total. The van der Waals surface area contributed by atoms with E-state index in [2.05, 4.69) is 0 Å². The van der Waals surface area contributed by atoms with Crippen molar-refractivity contribution < 1.29 is 176 Å². The molecule has 2 aromatic carbocycles. The molecule has 0 heterocycles. The number of fused-ring (bicyclic) bond motifs is 1. The minimum absolute atomic E-state index is 0. The Morgan fingerprint density at radius 3 is 0.926 bits per heavy atom. The number of benzene rings is 2.